The number of benzene rings is 6. The van der Waals surface area contributed by atoms with Crippen LogP contribution in [0.5, 0.6) is 0 Å². The molecule has 0 unspecified atom stereocenters. The molecule has 0 aliphatic rings. The van der Waals surface area contributed by atoms with Crippen molar-refractivity contribution >= 4 is 51.0 Å². The van der Waals surface area contributed by atoms with E-state index in [2.05, 4.69) is 174 Å². The topological polar surface area (TPSA) is 8.17 Å². The fourth-order valence-electron chi connectivity index (χ4n) is 5.63. The van der Waals surface area contributed by atoms with Gasteiger partial charge in [-0.1, -0.05) is 103 Å². The van der Waals surface area contributed by atoms with E-state index in [1.165, 1.54) is 44.2 Å². The molecule has 0 aliphatic carbocycles. The summed E-state index contributed by atoms with van der Waals surface area (Å²) in [4.78, 5) is 2.34. The lowest BCUT2D eigenvalue weighted by atomic mass is 10.1. The van der Waals surface area contributed by atoms with Crippen LogP contribution in [0.15, 0.2) is 152 Å². The third-order valence-corrected chi connectivity index (χ3v) is 7.61. The highest BCUT2D eigenvalue weighted by Crippen LogP contribution is 2.39. The molecule has 0 N–H and O–H groups in total. The van der Waals surface area contributed by atoms with Crippen LogP contribution in [0.25, 0.3) is 39.6 Å². The number of aromatic nitrogens is 1. The Labute approximate surface area is 241 Å². The van der Waals surface area contributed by atoms with Gasteiger partial charge in [-0.3, -0.25) is 0 Å². The Hall–Kier alpha value is -5.34. The normalized spacial score (nSPS) is 11.4. The van der Waals surface area contributed by atoms with Crippen molar-refractivity contribution in [2.75, 3.05) is 4.90 Å². The van der Waals surface area contributed by atoms with E-state index in [-0.39, 0.29) is 0 Å². The zero-order valence-corrected chi connectivity index (χ0v) is 23.0. The van der Waals surface area contributed by atoms with Crippen molar-refractivity contribution in [1.82, 2.24) is 4.57 Å². The smallest absolute Gasteiger partial charge is 0.0542 e. The number of fused-ring (bicyclic) bond motifs is 3. The van der Waals surface area contributed by atoms with Crippen molar-refractivity contribution in [2.24, 2.45) is 0 Å². The summed E-state index contributed by atoms with van der Waals surface area (Å²) in [5.41, 5.74) is 10.6. The molecule has 6 aromatic carbocycles. The van der Waals surface area contributed by atoms with Crippen LogP contribution in [-0.2, 0) is 0 Å². The van der Waals surface area contributed by atoms with E-state index in [1.807, 2.05) is 6.07 Å². The molecule has 0 saturated heterocycles. The summed E-state index contributed by atoms with van der Waals surface area (Å²) >= 11 is 0. The van der Waals surface area contributed by atoms with E-state index < -0.39 is 0 Å². The second-order valence-electron chi connectivity index (χ2n) is 10.4. The number of aryl methyl sites for hydroxylation is 1. The Morgan fingerprint density at radius 3 is 1.66 bits per heavy atom. The van der Waals surface area contributed by atoms with Gasteiger partial charge in [0.15, 0.2) is 0 Å². The predicted molar refractivity (Wildman–Crippen MR) is 176 cm³/mol. The zero-order chi connectivity index (χ0) is 27.6. The van der Waals surface area contributed by atoms with Crippen LogP contribution >= 0.6 is 0 Å². The average molecular weight is 527 g/mol. The largest absolute Gasteiger partial charge is 0.310 e. The van der Waals surface area contributed by atoms with Gasteiger partial charge < -0.3 is 9.47 Å². The van der Waals surface area contributed by atoms with Gasteiger partial charge in [-0.15, -0.1) is 0 Å². The lowest BCUT2D eigenvalue weighted by Crippen LogP contribution is -2.09. The minimum Gasteiger partial charge on any atom is -0.310 e. The molecule has 7 rings (SSSR count). The van der Waals surface area contributed by atoms with Gasteiger partial charge in [0.2, 0.25) is 0 Å². The van der Waals surface area contributed by atoms with Crippen molar-refractivity contribution in [2.45, 2.75) is 6.92 Å². The van der Waals surface area contributed by atoms with Crippen molar-refractivity contribution < 1.29 is 0 Å². The Balaban J connectivity index is 1.35. The van der Waals surface area contributed by atoms with E-state index in [0.29, 0.717) is 0 Å². The number of rotatable bonds is 6. The zero-order valence-electron chi connectivity index (χ0n) is 23.0. The van der Waals surface area contributed by atoms with Crippen LogP contribution in [0.4, 0.5) is 17.1 Å². The summed E-state index contributed by atoms with van der Waals surface area (Å²) in [5.74, 6) is 0. The van der Waals surface area contributed by atoms with Crippen molar-refractivity contribution in [1.29, 1.82) is 0 Å². The molecule has 0 bridgehead atoms. The number of hydrogen-bond acceptors (Lipinski definition) is 1. The van der Waals surface area contributed by atoms with Crippen LogP contribution in [-0.4, -0.2) is 4.57 Å². The van der Waals surface area contributed by atoms with Gasteiger partial charge in [-0.05, 0) is 84.8 Å². The first-order chi connectivity index (χ1) is 20.2. The second kappa shape index (κ2) is 10.7. The Morgan fingerprint density at radius 1 is 0.463 bits per heavy atom. The molecule has 41 heavy (non-hydrogen) atoms. The van der Waals surface area contributed by atoms with Gasteiger partial charge in [-0.2, -0.15) is 0 Å². The van der Waals surface area contributed by atoms with Crippen molar-refractivity contribution in [3.05, 3.63) is 168 Å². The Morgan fingerprint density at radius 2 is 0.976 bits per heavy atom. The molecular weight excluding hydrogens is 496 g/mol. The number of hydrogen-bond donors (Lipinski definition) is 0. The number of anilines is 3. The second-order valence-corrected chi connectivity index (χ2v) is 10.4. The fourth-order valence-corrected chi connectivity index (χ4v) is 5.63. The predicted octanol–water partition coefficient (Wildman–Crippen LogP) is 10.7. The SMILES string of the molecule is Cc1ccc2c(c1)c1cc(N(c3ccccc3)c3ccc(/C=C/c4ccccc4)cc3)ccc1n2-c1ccccc1. The van der Waals surface area contributed by atoms with E-state index in [4.69, 9.17) is 0 Å². The lowest BCUT2D eigenvalue weighted by Gasteiger charge is -2.25. The van der Waals surface area contributed by atoms with E-state index in [9.17, 15) is 0 Å². The molecule has 0 saturated carbocycles. The molecule has 0 spiro atoms. The Bertz CT molecular complexity index is 1970. The molecule has 1 aromatic heterocycles. The maximum atomic E-state index is 2.37. The van der Waals surface area contributed by atoms with Gasteiger partial charge in [0.25, 0.3) is 0 Å². The average Bonchev–Trinajstić information content (AvgIpc) is 3.35. The van der Waals surface area contributed by atoms with Gasteiger partial charge in [0.05, 0.1) is 11.0 Å². The highest BCUT2D eigenvalue weighted by molar-refractivity contribution is 6.11. The van der Waals surface area contributed by atoms with E-state index >= 15 is 0 Å². The molecule has 0 atom stereocenters. The molecule has 0 amide bonds. The van der Waals surface area contributed by atoms with Crippen molar-refractivity contribution in [3.8, 4) is 5.69 Å². The Kier molecular flexibility index (Phi) is 6.42. The fraction of sp³-hybridized carbons (Fsp3) is 0.0256. The first-order valence-corrected chi connectivity index (χ1v) is 14.0. The van der Waals surface area contributed by atoms with Gasteiger partial charge >= 0.3 is 0 Å². The standard InChI is InChI=1S/C39H30N2/c1-29-17-25-38-36(27-29)37-28-35(24-26-39(37)41(38)33-15-9-4-10-16-33)40(32-13-7-3-8-14-32)34-22-20-31(21-23-34)19-18-30-11-5-2-6-12-30/h2-28H,1H3/b19-18+. The molecule has 2 nitrogen and oxygen atoms in total. The molecule has 2 heteroatoms. The van der Waals surface area contributed by atoms with E-state index in [1.54, 1.807) is 0 Å². The van der Waals surface area contributed by atoms with Crippen LogP contribution in [0.3, 0.4) is 0 Å². The van der Waals surface area contributed by atoms with Crippen LogP contribution in [0.1, 0.15) is 16.7 Å². The molecule has 7 aromatic rings. The van der Waals surface area contributed by atoms with Crippen molar-refractivity contribution in [3.63, 3.8) is 0 Å². The first-order valence-electron chi connectivity index (χ1n) is 14.0. The van der Waals surface area contributed by atoms with Gasteiger partial charge in [0, 0.05) is 33.5 Å². The molecule has 0 fully saturated rings. The lowest BCUT2D eigenvalue weighted by molar-refractivity contribution is 1.18. The summed E-state index contributed by atoms with van der Waals surface area (Å²) in [7, 11) is 0. The third-order valence-electron chi connectivity index (χ3n) is 7.61. The molecule has 0 radical (unpaired) electrons. The minimum atomic E-state index is 1.12. The summed E-state index contributed by atoms with van der Waals surface area (Å²) in [6.07, 6.45) is 4.32. The molecule has 0 aliphatic heterocycles. The van der Waals surface area contributed by atoms with Gasteiger partial charge in [-0.25, -0.2) is 0 Å². The highest BCUT2D eigenvalue weighted by atomic mass is 15.1. The number of nitrogens with zero attached hydrogens (tertiary/aromatic N) is 2. The maximum Gasteiger partial charge on any atom is 0.0542 e. The summed E-state index contributed by atoms with van der Waals surface area (Å²) in [5, 5.41) is 2.51. The van der Waals surface area contributed by atoms with E-state index in [0.717, 1.165) is 17.1 Å². The number of para-hydroxylation sites is 2. The summed E-state index contributed by atoms with van der Waals surface area (Å²) < 4.78 is 2.37. The van der Waals surface area contributed by atoms with Crippen LogP contribution < -0.4 is 4.90 Å². The maximum absolute atomic E-state index is 2.37. The molecule has 1 heterocycles. The van der Waals surface area contributed by atoms with Crippen LogP contribution in [0, 0.1) is 6.92 Å². The first kappa shape index (κ1) is 24.7. The molecule has 196 valence electrons. The monoisotopic (exact) mass is 526 g/mol. The summed E-state index contributed by atoms with van der Waals surface area (Å²) in [6.45, 7) is 2.17. The molecular formula is C39H30N2. The van der Waals surface area contributed by atoms with Crippen LogP contribution in [0.2, 0.25) is 0 Å². The van der Waals surface area contributed by atoms with Gasteiger partial charge in [0.1, 0.15) is 0 Å². The quantitative estimate of drug-likeness (QED) is 0.196. The highest BCUT2D eigenvalue weighted by Gasteiger charge is 2.17. The third kappa shape index (κ3) is 4.81. The minimum absolute atomic E-state index is 1.12. The summed E-state index contributed by atoms with van der Waals surface area (Å²) in [6, 6.07) is 54.0.